The zero-order valence-electron chi connectivity index (χ0n) is 19.8. The van der Waals surface area contributed by atoms with Crippen molar-refractivity contribution in [3.05, 3.63) is 89.2 Å². The molecule has 5 heteroatoms. The third-order valence-corrected chi connectivity index (χ3v) is 6.52. The summed E-state index contributed by atoms with van der Waals surface area (Å²) in [6.07, 6.45) is 0.743. The lowest BCUT2D eigenvalue weighted by atomic mass is 10.1. The number of ether oxygens (including phenoxy) is 2. The van der Waals surface area contributed by atoms with Crippen molar-refractivity contribution in [3.63, 3.8) is 0 Å². The van der Waals surface area contributed by atoms with Crippen LogP contribution < -0.4 is 14.4 Å². The number of hydrogen-bond donors (Lipinski definition) is 0. The highest BCUT2D eigenvalue weighted by molar-refractivity contribution is 5.51. The number of anilines is 1. The van der Waals surface area contributed by atoms with Crippen LogP contribution in [0.15, 0.2) is 66.7 Å². The van der Waals surface area contributed by atoms with Gasteiger partial charge in [-0.2, -0.15) is 0 Å². The van der Waals surface area contributed by atoms with Crippen LogP contribution in [0.3, 0.4) is 0 Å². The molecular formula is C28H33FN2O2. The molecule has 4 nitrogen and oxygen atoms in total. The van der Waals surface area contributed by atoms with Gasteiger partial charge >= 0.3 is 0 Å². The van der Waals surface area contributed by atoms with Crippen LogP contribution in [0.5, 0.6) is 11.5 Å². The first-order chi connectivity index (χ1) is 16.0. The average Bonchev–Trinajstić information content (AvgIpc) is 2.85. The van der Waals surface area contributed by atoms with Crippen molar-refractivity contribution in [2.24, 2.45) is 0 Å². The van der Waals surface area contributed by atoms with E-state index in [0.29, 0.717) is 5.75 Å². The minimum atomic E-state index is -0.259. The number of rotatable bonds is 8. The average molecular weight is 449 g/mol. The van der Waals surface area contributed by atoms with Crippen molar-refractivity contribution >= 4 is 5.69 Å². The fourth-order valence-electron chi connectivity index (χ4n) is 4.24. The Morgan fingerprint density at radius 3 is 2.12 bits per heavy atom. The first-order valence-electron chi connectivity index (χ1n) is 11.6. The van der Waals surface area contributed by atoms with Gasteiger partial charge in [0.2, 0.25) is 0 Å². The summed E-state index contributed by atoms with van der Waals surface area (Å²) < 4.78 is 24.9. The molecule has 4 rings (SSSR count). The van der Waals surface area contributed by atoms with E-state index in [-0.39, 0.29) is 11.9 Å². The molecule has 1 aliphatic heterocycles. The van der Waals surface area contributed by atoms with Gasteiger partial charge in [-0.25, -0.2) is 4.39 Å². The highest BCUT2D eigenvalue weighted by atomic mass is 19.1. The quantitative estimate of drug-likeness (QED) is 0.436. The fraction of sp³-hybridized carbons (Fsp3) is 0.357. The lowest BCUT2D eigenvalue weighted by molar-refractivity contribution is 0.160. The van der Waals surface area contributed by atoms with Gasteiger partial charge in [0, 0.05) is 44.8 Å². The Hall–Kier alpha value is -3.05. The number of benzene rings is 3. The van der Waals surface area contributed by atoms with Crippen molar-refractivity contribution in [3.8, 4) is 11.5 Å². The van der Waals surface area contributed by atoms with Crippen LogP contribution in [-0.2, 0) is 0 Å². The van der Waals surface area contributed by atoms with Gasteiger partial charge in [0.05, 0.1) is 7.11 Å². The molecule has 0 spiro atoms. The van der Waals surface area contributed by atoms with Crippen LogP contribution in [0.25, 0.3) is 0 Å². The van der Waals surface area contributed by atoms with Crippen molar-refractivity contribution < 1.29 is 13.9 Å². The summed E-state index contributed by atoms with van der Waals surface area (Å²) in [5.41, 5.74) is 5.08. The molecule has 0 N–H and O–H groups in total. The molecule has 0 radical (unpaired) electrons. The van der Waals surface area contributed by atoms with Crippen molar-refractivity contribution in [2.45, 2.75) is 26.4 Å². The molecule has 1 fully saturated rings. The maximum absolute atomic E-state index is 13.3. The number of nitrogens with zero attached hydrogens (tertiary/aromatic N) is 2. The first kappa shape index (κ1) is 23.1. The number of methoxy groups -OCH3 is 1. The number of hydrogen-bond acceptors (Lipinski definition) is 4. The predicted molar refractivity (Wildman–Crippen MR) is 132 cm³/mol. The highest BCUT2D eigenvalue weighted by Gasteiger charge is 2.20. The molecule has 1 saturated heterocycles. The Kier molecular flexibility index (Phi) is 7.50. The van der Waals surface area contributed by atoms with Gasteiger partial charge in [0.15, 0.2) is 0 Å². The Balaban J connectivity index is 1.37. The third kappa shape index (κ3) is 6.05. The molecule has 0 saturated carbocycles. The second-order valence-electron chi connectivity index (χ2n) is 8.72. The van der Waals surface area contributed by atoms with Crippen LogP contribution in [0.1, 0.15) is 29.2 Å². The van der Waals surface area contributed by atoms with Crippen molar-refractivity contribution in [1.82, 2.24) is 4.90 Å². The molecule has 1 aliphatic rings. The minimum absolute atomic E-state index is 0.112. The third-order valence-electron chi connectivity index (χ3n) is 6.52. The minimum Gasteiger partial charge on any atom is -0.497 e. The lowest BCUT2D eigenvalue weighted by Crippen LogP contribution is -2.47. The fourth-order valence-corrected chi connectivity index (χ4v) is 4.24. The summed E-state index contributed by atoms with van der Waals surface area (Å²) in [4.78, 5) is 4.97. The second kappa shape index (κ2) is 10.7. The van der Waals surface area contributed by atoms with Gasteiger partial charge in [0.1, 0.15) is 23.4 Å². The van der Waals surface area contributed by atoms with Gasteiger partial charge < -0.3 is 14.4 Å². The zero-order valence-corrected chi connectivity index (χ0v) is 19.8. The SMILES string of the molecule is COc1ccc(C(CCN2CCN(c3ccc(C)c(C)c3)CC2)Oc2ccc(F)cc2)cc1. The van der Waals surface area contributed by atoms with E-state index in [4.69, 9.17) is 9.47 Å². The van der Waals surface area contributed by atoms with E-state index < -0.39 is 0 Å². The molecule has 1 unspecified atom stereocenters. The van der Waals surface area contributed by atoms with Crippen molar-refractivity contribution in [2.75, 3.05) is 44.7 Å². The van der Waals surface area contributed by atoms with Gasteiger partial charge in [0.25, 0.3) is 0 Å². The van der Waals surface area contributed by atoms with Crippen LogP contribution in [0, 0.1) is 19.7 Å². The van der Waals surface area contributed by atoms with Crippen molar-refractivity contribution in [1.29, 1.82) is 0 Å². The summed E-state index contributed by atoms with van der Waals surface area (Å²) in [6, 6.07) is 21.0. The maximum Gasteiger partial charge on any atom is 0.125 e. The van der Waals surface area contributed by atoms with Gasteiger partial charge in [-0.05, 0) is 79.1 Å². The summed E-state index contributed by atoms with van der Waals surface area (Å²) >= 11 is 0. The molecule has 0 aliphatic carbocycles. The van der Waals surface area contributed by atoms with E-state index in [9.17, 15) is 4.39 Å². The Bertz CT molecular complexity index is 1030. The zero-order chi connectivity index (χ0) is 23.2. The molecule has 0 aromatic heterocycles. The second-order valence-corrected chi connectivity index (χ2v) is 8.72. The van der Waals surface area contributed by atoms with Crippen LogP contribution in [0.4, 0.5) is 10.1 Å². The van der Waals surface area contributed by atoms with Crippen LogP contribution in [-0.4, -0.2) is 44.7 Å². The van der Waals surface area contributed by atoms with Crippen LogP contribution >= 0.6 is 0 Å². The molecule has 0 bridgehead atoms. The van der Waals surface area contributed by atoms with E-state index in [0.717, 1.165) is 50.5 Å². The highest BCUT2D eigenvalue weighted by Crippen LogP contribution is 2.27. The van der Waals surface area contributed by atoms with E-state index in [1.807, 2.05) is 24.3 Å². The molecule has 174 valence electrons. The monoisotopic (exact) mass is 448 g/mol. The molecule has 1 heterocycles. The standard InChI is InChI=1S/C28H33FN2O2/c1-21-4-9-25(20-22(21)2)31-18-16-30(17-19-31)15-14-28(23-5-10-26(32-3)11-6-23)33-27-12-7-24(29)8-13-27/h4-13,20,28H,14-19H2,1-3H3. The number of piperazine rings is 1. The molecule has 0 amide bonds. The Labute approximate surface area is 196 Å². The van der Waals surface area contributed by atoms with E-state index >= 15 is 0 Å². The maximum atomic E-state index is 13.3. The topological polar surface area (TPSA) is 24.9 Å². The first-order valence-corrected chi connectivity index (χ1v) is 11.6. The molecule has 1 atom stereocenters. The predicted octanol–water partition coefficient (Wildman–Crippen LogP) is 5.78. The molecule has 3 aromatic carbocycles. The van der Waals surface area contributed by atoms with Gasteiger partial charge in [-0.1, -0.05) is 18.2 Å². The molecule has 33 heavy (non-hydrogen) atoms. The van der Waals surface area contributed by atoms with E-state index in [2.05, 4.69) is 41.8 Å². The lowest BCUT2D eigenvalue weighted by Gasteiger charge is -2.37. The number of halogens is 1. The number of aryl methyl sites for hydroxylation is 2. The smallest absolute Gasteiger partial charge is 0.125 e. The summed E-state index contributed by atoms with van der Waals surface area (Å²) in [7, 11) is 1.67. The van der Waals surface area contributed by atoms with Gasteiger partial charge in [-0.15, -0.1) is 0 Å². The Morgan fingerprint density at radius 2 is 1.48 bits per heavy atom. The van der Waals surface area contributed by atoms with Crippen LogP contribution in [0.2, 0.25) is 0 Å². The van der Waals surface area contributed by atoms with E-state index in [1.54, 1.807) is 19.2 Å². The normalized spacial score (nSPS) is 15.3. The molecule has 3 aromatic rings. The van der Waals surface area contributed by atoms with E-state index in [1.165, 1.54) is 28.9 Å². The van der Waals surface area contributed by atoms with Gasteiger partial charge in [-0.3, -0.25) is 4.90 Å². The molecular weight excluding hydrogens is 415 g/mol. The largest absolute Gasteiger partial charge is 0.497 e. The Morgan fingerprint density at radius 1 is 0.818 bits per heavy atom. The summed E-state index contributed by atoms with van der Waals surface area (Å²) in [5, 5.41) is 0. The summed E-state index contributed by atoms with van der Waals surface area (Å²) in [5.74, 6) is 1.24. The summed E-state index contributed by atoms with van der Waals surface area (Å²) in [6.45, 7) is 9.37.